The Morgan fingerprint density at radius 2 is 1.08 bits per heavy atom. The molecule has 0 aliphatic carbocycles. The highest BCUT2D eigenvalue weighted by Crippen LogP contribution is 2.56. The van der Waals surface area contributed by atoms with E-state index in [-0.39, 0.29) is 6.16 Å². The fourth-order valence-electron chi connectivity index (χ4n) is 2.10. The molecule has 0 radical (unpaired) electrons. The van der Waals surface area contributed by atoms with E-state index in [1.807, 2.05) is 0 Å². The van der Waals surface area contributed by atoms with E-state index in [9.17, 15) is 9.13 Å². The minimum Gasteiger partial charge on any atom is -0.324 e. The predicted molar refractivity (Wildman–Crippen MR) is 115 cm³/mol. The molecule has 0 amide bonds. The zero-order chi connectivity index (χ0) is 18.7. The molecule has 1 aromatic carbocycles. The Bertz CT molecular complexity index is 664. The van der Waals surface area contributed by atoms with E-state index in [0.717, 1.165) is 29.0 Å². The van der Waals surface area contributed by atoms with Crippen LogP contribution in [-0.4, -0.2) is 26.5 Å². The third-order valence-electron chi connectivity index (χ3n) is 2.99. The highest BCUT2D eigenvalue weighted by atomic mass is 79.9. The molecule has 0 saturated carbocycles. The van der Waals surface area contributed by atoms with Crippen LogP contribution in [0.2, 0.25) is 0 Å². The largest absolute Gasteiger partial charge is 0.335 e. The third kappa shape index (κ3) is 6.30. The highest BCUT2D eigenvalue weighted by Gasteiger charge is 2.30. The summed E-state index contributed by atoms with van der Waals surface area (Å²) in [5, 5.41) is 0. The fourth-order valence-corrected chi connectivity index (χ4v) is 8.63. The van der Waals surface area contributed by atoms with Gasteiger partial charge in [-0.05, 0) is 102 Å². The number of rotatable bonds is 8. The molecule has 0 saturated heterocycles. The van der Waals surface area contributed by atoms with Gasteiger partial charge in [0.25, 0.3) is 0 Å². The van der Waals surface area contributed by atoms with Gasteiger partial charge in [-0.15, -0.1) is 0 Å². The monoisotopic (exact) mass is 630 g/mol. The molecule has 0 aliphatic heterocycles. The van der Waals surface area contributed by atoms with Gasteiger partial charge < -0.3 is 13.6 Å². The predicted octanol–water partition coefficient (Wildman–Crippen LogP) is 7.63. The summed E-state index contributed by atoms with van der Waals surface area (Å²) in [6.45, 7) is 7.68. The molecule has 24 heavy (non-hydrogen) atoms. The number of halogens is 4. The van der Waals surface area contributed by atoms with Crippen molar-refractivity contribution in [1.29, 1.82) is 0 Å². The second kappa shape index (κ2) is 9.64. The summed E-state index contributed by atoms with van der Waals surface area (Å²) in [5.41, 5.74) is 1.67. The lowest BCUT2D eigenvalue weighted by Crippen LogP contribution is -2.03. The second-order valence-corrected chi connectivity index (χ2v) is 14.2. The lowest BCUT2D eigenvalue weighted by atomic mass is 10.2. The summed E-state index contributed by atoms with van der Waals surface area (Å²) in [4.78, 5) is 0. The topological polar surface area (TPSA) is 52.6 Å². The summed E-state index contributed by atoms with van der Waals surface area (Å²) in [6.07, 6.45) is 0.573. The Hall–Kier alpha value is 1.52. The molecule has 0 heterocycles. The van der Waals surface area contributed by atoms with Crippen LogP contribution in [0.3, 0.4) is 0 Å². The van der Waals surface area contributed by atoms with Crippen LogP contribution >= 0.6 is 78.5 Å². The Balaban J connectivity index is 3.42. The maximum Gasteiger partial charge on any atom is 0.335 e. The summed E-state index contributed by atoms with van der Waals surface area (Å²) in [6, 6.07) is 0. The van der Waals surface area contributed by atoms with E-state index in [2.05, 4.69) is 63.7 Å². The first-order valence-electron chi connectivity index (χ1n) is 7.21. The molecule has 0 bridgehead atoms. The molecule has 4 nitrogen and oxygen atoms in total. The lowest BCUT2D eigenvalue weighted by molar-refractivity contribution is 0.219. The van der Waals surface area contributed by atoms with Gasteiger partial charge in [-0.1, -0.05) is 0 Å². The fraction of sp³-hybridized carbons (Fsp3) is 0.571. The summed E-state index contributed by atoms with van der Waals surface area (Å²) < 4.78 is 39.0. The quantitative estimate of drug-likeness (QED) is 0.218. The van der Waals surface area contributed by atoms with Crippen molar-refractivity contribution < 1.29 is 18.2 Å². The van der Waals surface area contributed by atoms with Crippen LogP contribution in [0.5, 0.6) is 0 Å². The van der Waals surface area contributed by atoms with Crippen LogP contribution in [0, 0.1) is 0 Å². The molecule has 0 spiro atoms. The van der Waals surface area contributed by atoms with E-state index in [1.54, 1.807) is 27.2 Å². The zero-order valence-corrected chi connectivity index (χ0v) is 22.0. The van der Waals surface area contributed by atoms with Crippen molar-refractivity contribution >= 4 is 78.5 Å². The Kier molecular flexibility index (Phi) is 9.46. The van der Waals surface area contributed by atoms with Crippen molar-refractivity contribution in [2.75, 3.05) is 26.5 Å². The van der Waals surface area contributed by atoms with Gasteiger partial charge in [-0.3, -0.25) is 4.57 Å². The molecule has 1 aromatic rings. The minimum atomic E-state index is -3.25. The maximum absolute atomic E-state index is 12.9. The molecule has 0 aliphatic rings. The van der Waals surface area contributed by atoms with E-state index < -0.39 is 14.7 Å². The van der Waals surface area contributed by atoms with E-state index in [0.29, 0.717) is 19.4 Å². The second-order valence-electron chi connectivity index (χ2n) is 5.55. The van der Waals surface area contributed by atoms with Crippen molar-refractivity contribution in [2.24, 2.45) is 0 Å². The number of benzene rings is 1. The van der Waals surface area contributed by atoms with Crippen LogP contribution in [0.4, 0.5) is 0 Å². The van der Waals surface area contributed by atoms with Gasteiger partial charge in [-0.2, -0.15) is 0 Å². The lowest BCUT2D eigenvalue weighted by Gasteiger charge is -2.22. The molecule has 0 fully saturated rings. The summed E-state index contributed by atoms with van der Waals surface area (Å²) >= 11 is 14.2. The van der Waals surface area contributed by atoms with Gasteiger partial charge in [0.2, 0.25) is 0 Å². The van der Waals surface area contributed by atoms with Crippen LogP contribution in [0.25, 0.3) is 0 Å². The van der Waals surface area contributed by atoms with Crippen molar-refractivity contribution in [3.05, 3.63) is 29.0 Å². The highest BCUT2D eigenvalue weighted by molar-refractivity contribution is 9.14. The molecular weight excluding hydrogens is 614 g/mol. The van der Waals surface area contributed by atoms with Gasteiger partial charge in [0.05, 0.1) is 26.5 Å². The molecule has 0 unspecified atom stereocenters. The Morgan fingerprint density at radius 3 is 1.38 bits per heavy atom. The average Bonchev–Trinajstić information content (AvgIpc) is 2.46. The third-order valence-corrected chi connectivity index (χ3v) is 10.6. The first-order valence-corrected chi connectivity index (χ1v) is 14.9. The molecule has 0 N–H and O–H groups in total. The smallest absolute Gasteiger partial charge is 0.324 e. The molecular formula is C14H20Br4O4P2. The van der Waals surface area contributed by atoms with E-state index in [4.69, 9.17) is 9.05 Å². The number of hydrogen-bond donors (Lipinski definition) is 0. The van der Waals surface area contributed by atoms with Crippen LogP contribution in [0.15, 0.2) is 17.9 Å². The van der Waals surface area contributed by atoms with Gasteiger partial charge in [0.1, 0.15) is 0 Å². The van der Waals surface area contributed by atoms with Gasteiger partial charge in [-0.25, -0.2) is 0 Å². The maximum atomic E-state index is 12.9. The molecule has 10 heteroatoms. The van der Waals surface area contributed by atoms with Crippen molar-refractivity contribution in [3.63, 3.8) is 0 Å². The van der Waals surface area contributed by atoms with Gasteiger partial charge >= 0.3 is 7.60 Å². The van der Waals surface area contributed by atoms with Crippen LogP contribution < -0.4 is 0 Å². The average molecular weight is 634 g/mol. The normalized spacial score (nSPS) is 12.7. The summed E-state index contributed by atoms with van der Waals surface area (Å²) in [7, 11) is -5.51. The summed E-state index contributed by atoms with van der Waals surface area (Å²) in [5.74, 6) is 0. The SMILES string of the molecule is CCOP(=O)(Cc1c(Br)c(Br)c(CP(C)(C)=O)c(Br)c1Br)OCC. The minimum absolute atomic E-state index is 0.128. The first-order chi connectivity index (χ1) is 11.0. The van der Waals surface area contributed by atoms with Gasteiger partial charge in [0, 0.05) is 24.1 Å². The van der Waals surface area contributed by atoms with Gasteiger partial charge in [0.15, 0.2) is 0 Å². The van der Waals surface area contributed by atoms with E-state index in [1.165, 1.54) is 0 Å². The Labute approximate surface area is 177 Å². The molecule has 1 rings (SSSR count). The number of hydrogen-bond acceptors (Lipinski definition) is 4. The molecule has 0 atom stereocenters. The molecule has 138 valence electrons. The standard InChI is InChI=1S/C14H20Br4O4P2/c1-5-21-24(20,22-6-2)8-10-13(17)11(15)9(7-23(3,4)19)12(16)14(10)18/h5-8H2,1-4H3. The zero-order valence-electron chi connectivity index (χ0n) is 13.9. The van der Waals surface area contributed by atoms with Crippen LogP contribution in [-0.2, 0) is 30.5 Å². The first kappa shape index (κ1) is 23.6. The van der Waals surface area contributed by atoms with Crippen molar-refractivity contribution in [1.82, 2.24) is 0 Å². The van der Waals surface area contributed by atoms with Crippen molar-refractivity contribution in [2.45, 2.75) is 26.2 Å². The van der Waals surface area contributed by atoms with Crippen LogP contribution in [0.1, 0.15) is 25.0 Å². The van der Waals surface area contributed by atoms with Crippen molar-refractivity contribution in [3.8, 4) is 0 Å². The Morgan fingerprint density at radius 1 is 0.750 bits per heavy atom. The van der Waals surface area contributed by atoms with E-state index >= 15 is 0 Å². The molecule has 0 aromatic heterocycles.